The van der Waals surface area contributed by atoms with Crippen molar-refractivity contribution in [3.05, 3.63) is 48.0 Å². The van der Waals surface area contributed by atoms with Crippen LogP contribution < -0.4 is 0 Å². The monoisotopic (exact) mass is 406 g/mol. The second kappa shape index (κ2) is 12.7. The van der Waals surface area contributed by atoms with Gasteiger partial charge in [-0.25, -0.2) is 9.59 Å². The number of hydrogen-bond donors (Lipinski definition) is 3. The van der Waals surface area contributed by atoms with Crippen molar-refractivity contribution < 1.29 is 29.7 Å². The fourth-order valence-electron chi connectivity index (χ4n) is 3.05. The molecule has 0 aliphatic carbocycles. The number of carboxylic acid groups (broad SMARTS) is 2. The van der Waals surface area contributed by atoms with E-state index in [1.807, 2.05) is 35.2 Å². The molecule has 160 valence electrons. The molecule has 29 heavy (non-hydrogen) atoms. The summed E-state index contributed by atoms with van der Waals surface area (Å²) in [6.07, 6.45) is 2.67. The molecule has 2 rings (SSSR count). The molecule has 0 saturated carbocycles. The number of aliphatic hydroxyl groups is 1. The van der Waals surface area contributed by atoms with E-state index in [4.69, 9.17) is 10.2 Å². The summed E-state index contributed by atoms with van der Waals surface area (Å²) in [5, 5.41) is 25.9. The molecule has 0 bridgehead atoms. The molecule has 0 spiro atoms. The van der Waals surface area contributed by atoms with Crippen LogP contribution in [0.25, 0.3) is 0 Å². The number of unbranched alkanes of at least 4 members (excludes halogenated alkanes) is 1. The molecule has 1 aliphatic rings. The van der Waals surface area contributed by atoms with Gasteiger partial charge in [0.15, 0.2) is 0 Å². The van der Waals surface area contributed by atoms with Crippen LogP contribution in [0.2, 0.25) is 0 Å². The highest BCUT2D eigenvalue weighted by molar-refractivity contribution is 5.94. The molecule has 8 nitrogen and oxygen atoms in total. The maximum absolute atomic E-state index is 12.8. The van der Waals surface area contributed by atoms with Gasteiger partial charge in [-0.05, 0) is 25.1 Å². The van der Waals surface area contributed by atoms with Crippen molar-refractivity contribution in [3.63, 3.8) is 0 Å². The van der Waals surface area contributed by atoms with Gasteiger partial charge in [0.1, 0.15) is 0 Å². The Morgan fingerprint density at radius 2 is 1.66 bits per heavy atom. The number of carboxylic acids is 2. The van der Waals surface area contributed by atoms with Crippen molar-refractivity contribution in [1.29, 1.82) is 0 Å². The molecule has 1 aromatic carbocycles. The highest BCUT2D eigenvalue weighted by atomic mass is 16.4. The van der Waals surface area contributed by atoms with Crippen LogP contribution in [0.15, 0.2) is 42.5 Å². The van der Waals surface area contributed by atoms with Crippen molar-refractivity contribution >= 4 is 17.8 Å². The standard InChI is InChI=1S/C17H26N2O2.C4H4O4/c1-3-5-11-19(15-12-18(4-2)13-16(15)20)17(21)14-9-7-6-8-10-14;5-3(6)1-2-4(7)8/h6-10,15-16,20H,3-5,11-13H2,1-2H3;1-2H,(H,5,6)(H,7,8)/b;2-1+/t15-,16-;/m0./s1. The Balaban J connectivity index is 0.000000447. The predicted octanol–water partition coefficient (Wildman–Crippen LogP) is 1.71. The molecular weight excluding hydrogens is 376 g/mol. The Labute approximate surface area is 171 Å². The highest BCUT2D eigenvalue weighted by Crippen LogP contribution is 2.19. The summed E-state index contributed by atoms with van der Waals surface area (Å²) in [6, 6.07) is 9.28. The van der Waals surface area contributed by atoms with Gasteiger partial charge < -0.3 is 20.2 Å². The molecule has 0 radical (unpaired) electrons. The lowest BCUT2D eigenvalue weighted by Gasteiger charge is -2.31. The lowest BCUT2D eigenvalue weighted by atomic mass is 10.1. The van der Waals surface area contributed by atoms with Gasteiger partial charge in [0.2, 0.25) is 0 Å². The van der Waals surface area contributed by atoms with E-state index < -0.39 is 18.0 Å². The van der Waals surface area contributed by atoms with Gasteiger partial charge in [-0.1, -0.05) is 38.5 Å². The Kier molecular flexibility index (Phi) is 10.6. The fourth-order valence-corrected chi connectivity index (χ4v) is 3.05. The van der Waals surface area contributed by atoms with Crippen LogP contribution in [-0.2, 0) is 9.59 Å². The van der Waals surface area contributed by atoms with Crippen LogP contribution in [0.4, 0.5) is 0 Å². The van der Waals surface area contributed by atoms with E-state index in [2.05, 4.69) is 18.7 Å². The van der Waals surface area contributed by atoms with Crippen LogP contribution in [0.1, 0.15) is 37.0 Å². The molecule has 0 unspecified atom stereocenters. The molecule has 3 N–H and O–H groups in total. The second-order valence-corrected chi connectivity index (χ2v) is 6.71. The summed E-state index contributed by atoms with van der Waals surface area (Å²) in [6.45, 7) is 7.25. The minimum Gasteiger partial charge on any atom is -0.478 e. The molecule has 1 aliphatic heterocycles. The van der Waals surface area contributed by atoms with Gasteiger partial charge in [0.05, 0.1) is 12.1 Å². The fraction of sp³-hybridized carbons (Fsp3) is 0.476. The molecule has 1 saturated heterocycles. The van der Waals surface area contributed by atoms with Gasteiger partial charge in [0.25, 0.3) is 5.91 Å². The first-order valence-corrected chi connectivity index (χ1v) is 9.70. The van der Waals surface area contributed by atoms with Crippen molar-refractivity contribution in [2.75, 3.05) is 26.2 Å². The predicted molar refractivity (Wildman–Crippen MR) is 109 cm³/mol. The van der Waals surface area contributed by atoms with Crippen molar-refractivity contribution in [2.24, 2.45) is 0 Å². The minimum absolute atomic E-state index is 0.0334. The minimum atomic E-state index is -1.26. The van der Waals surface area contributed by atoms with Crippen molar-refractivity contribution in [3.8, 4) is 0 Å². The number of likely N-dealkylation sites (tertiary alicyclic amines) is 1. The summed E-state index contributed by atoms with van der Waals surface area (Å²) in [5.41, 5.74) is 0.704. The van der Waals surface area contributed by atoms with Gasteiger partial charge in [-0.15, -0.1) is 0 Å². The molecule has 8 heteroatoms. The number of aliphatic hydroxyl groups excluding tert-OH is 1. The number of benzene rings is 1. The molecule has 2 atom stereocenters. The number of β-amino-alcohol motifs (C(OH)–C–C–N with tert-alkyl or cyclic N) is 1. The van der Waals surface area contributed by atoms with Crippen LogP contribution >= 0.6 is 0 Å². The summed E-state index contributed by atoms with van der Waals surface area (Å²) in [4.78, 5) is 36.0. The first kappa shape index (κ1) is 24.3. The summed E-state index contributed by atoms with van der Waals surface area (Å²) in [5.74, 6) is -2.48. The third-order valence-electron chi connectivity index (χ3n) is 4.58. The first-order valence-electron chi connectivity index (χ1n) is 9.70. The Hall–Kier alpha value is -2.71. The molecular formula is C21H30N2O6. The first-order chi connectivity index (χ1) is 13.8. The van der Waals surface area contributed by atoms with E-state index in [9.17, 15) is 19.5 Å². The summed E-state index contributed by atoms with van der Waals surface area (Å²) >= 11 is 0. The Bertz CT molecular complexity index is 676. The van der Waals surface area contributed by atoms with E-state index >= 15 is 0 Å². The lowest BCUT2D eigenvalue weighted by Crippen LogP contribution is -2.47. The van der Waals surface area contributed by atoms with E-state index in [0.717, 1.165) is 25.9 Å². The zero-order valence-corrected chi connectivity index (χ0v) is 16.9. The second-order valence-electron chi connectivity index (χ2n) is 6.71. The van der Waals surface area contributed by atoms with Crippen LogP contribution in [-0.4, -0.2) is 81.3 Å². The van der Waals surface area contributed by atoms with Gasteiger partial charge in [-0.2, -0.15) is 0 Å². The quantitative estimate of drug-likeness (QED) is 0.562. The van der Waals surface area contributed by atoms with Crippen molar-refractivity contribution in [2.45, 2.75) is 38.8 Å². The summed E-state index contributed by atoms with van der Waals surface area (Å²) in [7, 11) is 0. The zero-order chi connectivity index (χ0) is 21.8. The third kappa shape index (κ3) is 8.45. The van der Waals surface area contributed by atoms with E-state index in [-0.39, 0.29) is 11.9 Å². The molecule has 1 aromatic rings. The zero-order valence-electron chi connectivity index (χ0n) is 16.9. The van der Waals surface area contributed by atoms with E-state index in [1.165, 1.54) is 0 Å². The van der Waals surface area contributed by atoms with Crippen LogP contribution in [0, 0.1) is 0 Å². The maximum atomic E-state index is 12.8. The third-order valence-corrected chi connectivity index (χ3v) is 4.58. The molecule has 1 heterocycles. The lowest BCUT2D eigenvalue weighted by molar-refractivity contribution is -0.134. The number of hydrogen-bond acceptors (Lipinski definition) is 5. The topological polar surface area (TPSA) is 118 Å². The smallest absolute Gasteiger partial charge is 0.328 e. The molecule has 1 fully saturated rings. The Morgan fingerprint density at radius 3 is 2.10 bits per heavy atom. The number of carbonyl (C=O) groups is 3. The highest BCUT2D eigenvalue weighted by Gasteiger charge is 2.37. The van der Waals surface area contributed by atoms with Gasteiger partial charge in [0, 0.05) is 37.3 Å². The Morgan fingerprint density at radius 1 is 1.07 bits per heavy atom. The van der Waals surface area contributed by atoms with E-state index in [0.29, 0.717) is 30.8 Å². The van der Waals surface area contributed by atoms with Gasteiger partial charge >= 0.3 is 11.9 Å². The SMILES string of the molecule is CCCCN(C(=O)c1ccccc1)[C@H]1CN(CC)C[C@@H]1O.O=C(O)/C=C/C(=O)O. The number of likely N-dealkylation sites (N-methyl/N-ethyl adjacent to an activating group) is 1. The van der Waals surface area contributed by atoms with Gasteiger partial charge in [-0.3, -0.25) is 9.69 Å². The number of rotatable bonds is 8. The molecule has 0 aromatic heterocycles. The largest absolute Gasteiger partial charge is 0.478 e. The van der Waals surface area contributed by atoms with E-state index in [1.54, 1.807) is 0 Å². The van der Waals surface area contributed by atoms with Crippen molar-refractivity contribution in [1.82, 2.24) is 9.80 Å². The number of carbonyl (C=O) groups excluding carboxylic acids is 1. The molecule has 1 amide bonds. The average Bonchev–Trinajstić information content (AvgIpc) is 3.08. The van der Waals surface area contributed by atoms with Crippen LogP contribution in [0.5, 0.6) is 0 Å². The number of aliphatic carboxylic acids is 2. The maximum Gasteiger partial charge on any atom is 0.328 e. The number of nitrogens with zero attached hydrogens (tertiary/aromatic N) is 2. The number of amides is 1. The van der Waals surface area contributed by atoms with Crippen LogP contribution in [0.3, 0.4) is 0 Å². The summed E-state index contributed by atoms with van der Waals surface area (Å²) < 4.78 is 0. The average molecular weight is 406 g/mol. The normalized spacial score (nSPS) is 18.9.